The molecular formula is C15H22N2O2S. The zero-order valence-corrected chi connectivity index (χ0v) is 13.2. The van der Waals surface area contributed by atoms with Gasteiger partial charge in [0.2, 0.25) is 10.0 Å². The topological polar surface area (TPSA) is 40.6 Å². The van der Waals surface area contributed by atoms with Gasteiger partial charge in [0.15, 0.2) is 0 Å². The standard InChI is InChI=1S/C15H22N2O2S/c1-15(2)11-16-8-9-17(20(3,18)19)10-14(16)12-6-4-5-7-13(12)15/h4-7,14H,8-11H2,1-3H3. The molecule has 5 heteroatoms. The number of nitrogens with zero attached hydrogens (tertiary/aromatic N) is 2. The first-order chi connectivity index (χ1) is 9.29. The molecule has 0 aliphatic carbocycles. The minimum Gasteiger partial charge on any atom is -0.293 e. The summed E-state index contributed by atoms with van der Waals surface area (Å²) in [5.41, 5.74) is 2.77. The maximum atomic E-state index is 11.8. The van der Waals surface area contributed by atoms with Crippen molar-refractivity contribution in [3.8, 4) is 0 Å². The lowest BCUT2D eigenvalue weighted by Crippen LogP contribution is -2.55. The first kappa shape index (κ1) is 14.0. The fourth-order valence-corrected chi connectivity index (χ4v) is 4.40. The number of sulfonamides is 1. The third-order valence-electron chi connectivity index (χ3n) is 4.57. The van der Waals surface area contributed by atoms with E-state index in [1.54, 1.807) is 4.31 Å². The van der Waals surface area contributed by atoms with Gasteiger partial charge in [0, 0.05) is 37.6 Å². The van der Waals surface area contributed by atoms with Crippen molar-refractivity contribution >= 4 is 10.0 Å². The highest BCUT2D eigenvalue weighted by Crippen LogP contribution is 2.41. The van der Waals surface area contributed by atoms with E-state index in [-0.39, 0.29) is 11.5 Å². The van der Waals surface area contributed by atoms with E-state index in [1.807, 2.05) is 0 Å². The Balaban J connectivity index is 2.01. The molecule has 0 saturated carbocycles. The summed E-state index contributed by atoms with van der Waals surface area (Å²) in [7, 11) is -3.10. The highest BCUT2D eigenvalue weighted by Gasteiger charge is 2.41. The van der Waals surface area contributed by atoms with E-state index in [1.165, 1.54) is 17.4 Å². The van der Waals surface area contributed by atoms with Crippen LogP contribution in [0.25, 0.3) is 0 Å². The molecule has 1 aromatic carbocycles. The van der Waals surface area contributed by atoms with Gasteiger partial charge in [0.1, 0.15) is 0 Å². The van der Waals surface area contributed by atoms with E-state index in [9.17, 15) is 8.42 Å². The molecular weight excluding hydrogens is 272 g/mol. The van der Waals surface area contributed by atoms with Crippen LogP contribution in [-0.4, -0.2) is 50.1 Å². The van der Waals surface area contributed by atoms with Crippen molar-refractivity contribution < 1.29 is 8.42 Å². The molecule has 4 nitrogen and oxygen atoms in total. The molecule has 3 rings (SSSR count). The summed E-state index contributed by atoms with van der Waals surface area (Å²) in [6.07, 6.45) is 1.31. The van der Waals surface area contributed by atoms with Crippen LogP contribution in [-0.2, 0) is 15.4 Å². The Labute approximate surface area is 121 Å². The summed E-state index contributed by atoms with van der Waals surface area (Å²) in [6, 6.07) is 8.67. The zero-order chi connectivity index (χ0) is 14.5. The fourth-order valence-electron chi connectivity index (χ4n) is 3.58. The molecule has 0 N–H and O–H groups in total. The van der Waals surface area contributed by atoms with Gasteiger partial charge in [-0.2, -0.15) is 4.31 Å². The lowest BCUT2D eigenvalue weighted by atomic mass is 9.75. The molecule has 2 aliphatic rings. The summed E-state index contributed by atoms with van der Waals surface area (Å²) in [5, 5.41) is 0. The normalized spacial score (nSPS) is 26.9. The average Bonchev–Trinajstić information content (AvgIpc) is 2.37. The number of rotatable bonds is 1. The maximum Gasteiger partial charge on any atom is 0.211 e. The van der Waals surface area contributed by atoms with Gasteiger partial charge in [0.25, 0.3) is 0 Å². The molecule has 2 aliphatic heterocycles. The van der Waals surface area contributed by atoms with Crippen molar-refractivity contribution in [1.82, 2.24) is 9.21 Å². The van der Waals surface area contributed by atoms with Crippen LogP contribution in [0.1, 0.15) is 31.0 Å². The van der Waals surface area contributed by atoms with Gasteiger partial charge in [-0.25, -0.2) is 8.42 Å². The predicted molar refractivity (Wildman–Crippen MR) is 80.2 cm³/mol. The first-order valence-corrected chi connectivity index (χ1v) is 8.92. The molecule has 2 heterocycles. The number of piperazine rings is 1. The lowest BCUT2D eigenvalue weighted by molar-refractivity contribution is 0.0810. The summed E-state index contributed by atoms with van der Waals surface area (Å²) >= 11 is 0. The van der Waals surface area contributed by atoms with Crippen molar-refractivity contribution in [1.29, 1.82) is 0 Å². The number of hydrogen-bond acceptors (Lipinski definition) is 3. The largest absolute Gasteiger partial charge is 0.293 e. The molecule has 1 atom stereocenters. The number of hydrogen-bond donors (Lipinski definition) is 0. The molecule has 0 aromatic heterocycles. The number of fused-ring (bicyclic) bond motifs is 3. The highest BCUT2D eigenvalue weighted by molar-refractivity contribution is 7.88. The Hall–Kier alpha value is -0.910. The van der Waals surface area contributed by atoms with Gasteiger partial charge in [-0.1, -0.05) is 38.1 Å². The van der Waals surface area contributed by atoms with E-state index < -0.39 is 10.0 Å². The summed E-state index contributed by atoms with van der Waals surface area (Å²) < 4.78 is 25.2. The van der Waals surface area contributed by atoms with Gasteiger partial charge in [-0.15, -0.1) is 0 Å². The minimum absolute atomic E-state index is 0.125. The highest BCUT2D eigenvalue weighted by atomic mass is 32.2. The van der Waals surface area contributed by atoms with Gasteiger partial charge < -0.3 is 0 Å². The minimum atomic E-state index is -3.10. The summed E-state index contributed by atoms with van der Waals surface area (Å²) in [4.78, 5) is 2.43. The molecule has 110 valence electrons. The van der Waals surface area contributed by atoms with Gasteiger partial charge in [-0.3, -0.25) is 4.90 Å². The van der Waals surface area contributed by atoms with Gasteiger partial charge >= 0.3 is 0 Å². The van der Waals surface area contributed by atoms with Crippen molar-refractivity contribution in [2.24, 2.45) is 0 Å². The van der Waals surface area contributed by atoms with E-state index in [2.05, 4.69) is 43.0 Å². The molecule has 1 fully saturated rings. The second-order valence-electron chi connectivity index (χ2n) is 6.58. The first-order valence-electron chi connectivity index (χ1n) is 7.08. The quantitative estimate of drug-likeness (QED) is 0.790. The molecule has 1 aromatic rings. The Bertz CT molecular complexity index is 625. The summed E-state index contributed by atoms with van der Waals surface area (Å²) in [6.45, 7) is 7.53. The van der Waals surface area contributed by atoms with E-state index in [4.69, 9.17) is 0 Å². The van der Waals surface area contributed by atoms with Crippen LogP contribution in [0.15, 0.2) is 24.3 Å². The van der Waals surface area contributed by atoms with E-state index in [0.29, 0.717) is 13.1 Å². The van der Waals surface area contributed by atoms with Crippen LogP contribution < -0.4 is 0 Å². The second-order valence-corrected chi connectivity index (χ2v) is 8.56. The molecule has 0 bridgehead atoms. The third kappa shape index (κ3) is 2.28. The smallest absolute Gasteiger partial charge is 0.211 e. The van der Waals surface area contributed by atoms with E-state index >= 15 is 0 Å². The van der Waals surface area contributed by atoms with Gasteiger partial charge in [-0.05, 0) is 11.1 Å². The monoisotopic (exact) mass is 294 g/mol. The Morgan fingerprint density at radius 1 is 1.20 bits per heavy atom. The Morgan fingerprint density at radius 2 is 1.90 bits per heavy atom. The summed E-state index contributed by atoms with van der Waals surface area (Å²) in [5.74, 6) is 0. The fraction of sp³-hybridized carbons (Fsp3) is 0.600. The number of benzene rings is 1. The SMILES string of the molecule is CC1(C)CN2CCN(S(C)(=O)=O)CC2c2ccccc21. The lowest BCUT2D eigenvalue weighted by Gasteiger charge is -2.49. The predicted octanol–water partition coefficient (Wildman–Crippen LogP) is 1.60. The average molecular weight is 294 g/mol. The maximum absolute atomic E-state index is 11.8. The molecule has 0 amide bonds. The van der Waals surface area contributed by atoms with Crippen molar-refractivity contribution in [3.63, 3.8) is 0 Å². The zero-order valence-electron chi connectivity index (χ0n) is 12.3. The molecule has 1 saturated heterocycles. The molecule has 1 unspecified atom stereocenters. The van der Waals surface area contributed by atoms with Crippen molar-refractivity contribution in [3.05, 3.63) is 35.4 Å². The van der Waals surface area contributed by atoms with Crippen LogP contribution in [0.5, 0.6) is 0 Å². The Kier molecular flexibility index (Phi) is 3.19. The van der Waals surface area contributed by atoms with Gasteiger partial charge in [0.05, 0.1) is 6.26 Å². The van der Waals surface area contributed by atoms with Crippen LogP contribution in [0, 0.1) is 0 Å². The van der Waals surface area contributed by atoms with Crippen molar-refractivity contribution in [2.75, 3.05) is 32.4 Å². The van der Waals surface area contributed by atoms with Crippen molar-refractivity contribution in [2.45, 2.75) is 25.3 Å². The molecule has 20 heavy (non-hydrogen) atoms. The van der Waals surface area contributed by atoms with Crippen LogP contribution in [0.4, 0.5) is 0 Å². The van der Waals surface area contributed by atoms with Crippen LogP contribution in [0.2, 0.25) is 0 Å². The molecule has 0 spiro atoms. The molecule has 0 radical (unpaired) electrons. The van der Waals surface area contributed by atoms with E-state index in [0.717, 1.165) is 13.1 Å². The third-order valence-corrected chi connectivity index (χ3v) is 5.84. The van der Waals surface area contributed by atoms with Crippen LogP contribution >= 0.6 is 0 Å². The Morgan fingerprint density at radius 3 is 2.60 bits per heavy atom. The second kappa shape index (κ2) is 4.55. The van der Waals surface area contributed by atoms with Crippen LogP contribution in [0.3, 0.4) is 0 Å².